The summed E-state index contributed by atoms with van der Waals surface area (Å²) in [6, 6.07) is 3.53. The van der Waals surface area contributed by atoms with Crippen molar-refractivity contribution in [3.8, 4) is 5.75 Å². The highest BCUT2D eigenvalue weighted by molar-refractivity contribution is 6.37. The molecule has 1 aliphatic rings. The molecule has 1 fully saturated rings. The molecule has 6 heteroatoms. The van der Waals surface area contributed by atoms with Crippen molar-refractivity contribution >= 4 is 34.9 Å². The summed E-state index contributed by atoms with van der Waals surface area (Å²) in [5.74, 6) is 0.481. The van der Waals surface area contributed by atoms with E-state index in [9.17, 15) is 4.79 Å². The predicted molar refractivity (Wildman–Crippen MR) is 84.6 cm³/mol. The molecule has 1 heterocycles. The molecule has 116 valence electrons. The summed E-state index contributed by atoms with van der Waals surface area (Å²) in [7, 11) is 1.58. The largest absolute Gasteiger partial charge is 0.495 e. The van der Waals surface area contributed by atoms with Crippen molar-refractivity contribution in [2.75, 3.05) is 31.7 Å². The topological polar surface area (TPSA) is 38.8 Å². The number of hydrogen-bond donors (Lipinski definition) is 0. The molecule has 0 spiro atoms. The second-order valence-corrected chi connectivity index (χ2v) is 5.77. The number of halogens is 2. The molecule has 0 saturated carbocycles. The summed E-state index contributed by atoms with van der Waals surface area (Å²) >= 11 is 12.3. The molecule has 21 heavy (non-hydrogen) atoms. The van der Waals surface area contributed by atoms with Gasteiger partial charge in [-0.3, -0.25) is 4.79 Å². The molecule has 0 N–H and O–H groups in total. The van der Waals surface area contributed by atoms with Crippen LogP contribution in [0.3, 0.4) is 0 Å². The van der Waals surface area contributed by atoms with Crippen molar-refractivity contribution in [1.82, 2.24) is 0 Å². The Morgan fingerprint density at radius 3 is 2.52 bits per heavy atom. The molecule has 2 rings (SSSR count). The molecule has 1 saturated heterocycles. The number of carbonyl (C=O) groups excluding carboxylic acids is 1. The molecule has 0 unspecified atom stereocenters. The lowest BCUT2D eigenvalue weighted by Crippen LogP contribution is -2.37. The Morgan fingerprint density at radius 2 is 1.95 bits per heavy atom. The first-order chi connectivity index (χ1) is 10.1. The third kappa shape index (κ3) is 3.74. The van der Waals surface area contributed by atoms with Crippen LogP contribution in [0, 0.1) is 5.92 Å². The molecule has 1 aromatic carbocycles. The number of esters is 1. The van der Waals surface area contributed by atoms with E-state index in [1.165, 1.54) is 0 Å². The molecule has 0 amide bonds. The van der Waals surface area contributed by atoms with Gasteiger partial charge in [-0.05, 0) is 25.8 Å². The molecule has 0 aromatic heterocycles. The number of rotatable bonds is 4. The number of anilines is 1. The maximum absolute atomic E-state index is 11.7. The normalized spacial score (nSPS) is 15.9. The van der Waals surface area contributed by atoms with Gasteiger partial charge in [0.2, 0.25) is 0 Å². The molecule has 1 aliphatic heterocycles. The van der Waals surface area contributed by atoms with Crippen molar-refractivity contribution < 1.29 is 14.3 Å². The van der Waals surface area contributed by atoms with Gasteiger partial charge in [0.25, 0.3) is 0 Å². The summed E-state index contributed by atoms with van der Waals surface area (Å²) in [5.41, 5.74) is 0.889. The zero-order chi connectivity index (χ0) is 15.4. The number of piperidine rings is 1. The van der Waals surface area contributed by atoms with E-state index in [0.29, 0.717) is 22.4 Å². The molecular formula is C15H19Cl2NO3. The van der Waals surface area contributed by atoms with Crippen LogP contribution in [0.5, 0.6) is 5.75 Å². The SMILES string of the molecule is CCOC(=O)C1CCN(c2cc(OC)c(Cl)cc2Cl)CC1. The Balaban J connectivity index is 2.07. The van der Waals surface area contributed by atoms with E-state index in [1.807, 2.05) is 13.0 Å². The van der Waals surface area contributed by atoms with E-state index in [4.69, 9.17) is 32.7 Å². The lowest BCUT2D eigenvalue weighted by Gasteiger charge is -2.33. The monoisotopic (exact) mass is 331 g/mol. The molecular weight excluding hydrogens is 313 g/mol. The summed E-state index contributed by atoms with van der Waals surface area (Å²) in [6.45, 7) is 3.77. The van der Waals surface area contributed by atoms with Gasteiger partial charge in [0.1, 0.15) is 5.75 Å². The number of methoxy groups -OCH3 is 1. The molecule has 0 aliphatic carbocycles. The van der Waals surface area contributed by atoms with Crippen molar-refractivity contribution in [2.45, 2.75) is 19.8 Å². The van der Waals surface area contributed by atoms with Crippen LogP contribution in [0.25, 0.3) is 0 Å². The van der Waals surface area contributed by atoms with E-state index >= 15 is 0 Å². The van der Waals surface area contributed by atoms with Crippen LogP contribution in [-0.4, -0.2) is 32.8 Å². The minimum absolute atomic E-state index is 0.0193. The maximum atomic E-state index is 11.7. The van der Waals surface area contributed by atoms with E-state index in [0.717, 1.165) is 31.6 Å². The van der Waals surface area contributed by atoms with Crippen LogP contribution in [0.1, 0.15) is 19.8 Å². The predicted octanol–water partition coefficient (Wildman–Crippen LogP) is 3.78. The van der Waals surface area contributed by atoms with Gasteiger partial charge in [0.05, 0.1) is 35.4 Å². The van der Waals surface area contributed by atoms with Crippen molar-refractivity contribution in [1.29, 1.82) is 0 Å². The van der Waals surface area contributed by atoms with E-state index in [-0.39, 0.29) is 11.9 Å². The smallest absolute Gasteiger partial charge is 0.309 e. The number of benzene rings is 1. The first kappa shape index (κ1) is 16.2. The molecule has 0 bridgehead atoms. The Morgan fingerprint density at radius 1 is 1.29 bits per heavy atom. The van der Waals surface area contributed by atoms with E-state index < -0.39 is 0 Å². The first-order valence-corrected chi connectivity index (χ1v) is 7.77. The zero-order valence-electron chi connectivity index (χ0n) is 12.2. The van der Waals surface area contributed by atoms with Crippen LogP contribution in [0.4, 0.5) is 5.69 Å². The van der Waals surface area contributed by atoms with Crippen LogP contribution in [0.2, 0.25) is 10.0 Å². The van der Waals surface area contributed by atoms with Gasteiger partial charge >= 0.3 is 5.97 Å². The highest BCUT2D eigenvalue weighted by Crippen LogP contribution is 2.37. The Hall–Kier alpha value is -1.13. The Bertz CT molecular complexity index is 514. The zero-order valence-corrected chi connectivity index (χ0v) is 13.7. The van der Waals surface area contributed by atoms with Crippen molar-refractivity contribution in [3.63, 3.8) is 0 Å². The fourth-order valence-electron chi connectivity index (χ4n) is 2.53. The highest BCUT2D eigenvalue weighted by atomic mass is 35.5. The minimum atomic E-state index is -0.100. The van der Waals surface area contributed by atoms with Gasteiger partial charge < -0.3 is 14.4 Å². The Labute approximate surface area is 134 Å². The number of ether oxygens (including phenoxy) is 2. The fraction of sp³-hybridized carbons (Fsp3) is 0.533. The molecule has 1 aromatic rings. The molecule has 0 atom stereocenters. The van der Waals surface area contributed by atoms with Gasteiger partial charge in [0.15, 0.2) is 0 Å². The third-order valence-electron chi connectivity index (χ3n) is 3.68. The van der Waals surface area contributed by atoms with Gasteiger partial charge in [-0.15, -0.1) is 0 Å². The number of nitrogens with zero attached hydrogens (tertiary/aromatic N) is 1. The van der Waals surface area contributed by atoms with E-state index in [2.05, 4.69) is 4.90 Å². The highest BCUT2D eigenvalue weighted by Gasteiger charge is 2.27. The fourth-order valence-corrected chi connectivity index (χ4v) is 3.11. The Kier molecular flexibility index (Phi) is 5.59. The van der Waals surface area contributed by atoms with Gasteiger partial charge in [-0.2, -0.15) is 0 Å². The van der Waals surface area contributed by atoms with Gasteiger partial charge in [-0.1, -0.05) is 23.2 Å². The minimum Gasteiger partial charge on any atom is -0.495 e. The van der Waals surface area contributed by atoms with E-state index in [1.54, 1.807) is 13.2 Å². The molecule has 4 nitrogen and oxygen atoms in total. The lowest BCUT2D eigenvalue weighted by molar-refractivity contribution is -0.148. The lowest BCUT2D eigenvalue weighted by atomic mass is 9.96. The van der Waals surface area contributed by atoms with Crippen molar-refractivity contribution in [2.24, 2.45) is 5.92 Å². The van der Waals surface area contributed by atoms with Crippen LogP contribution in [0.15, 0.2) is 12.1 Å². The van der Waals surface area contributed by atoms with Crippen LogP contribution >= 0.6 is 23.2 Å². The summed E-state index contributed by atoms with van der Waals surface area (Å²) in [6.07, 6.45) is 1.53. The van der Waals surface area contributed by atoms with Gasteiger partial charge in [0, 0.05) is 19.2 Å². The average molecular weight is 332 g/mol. The van der Waals surface area contributed by atoms with Crippen LogP contribution < -0.4 is 9.64 Å². The quantitative estimate of drug-likeness (QED) is 0.787. The second-order valence-electron chi connectivity index (χ2n) is 4.95. The van der Waals surface area contributed by atoms with Gasteiger partial charge in [-0.25, -0.2) is 0 Å². The molecule has 0 radical (unpaired) electrons. The summed E-state index contributed by atoms with van der Waals surface area (Å²) < 4.78 is 10.3. The summed E-state index contributed by atoms with van der Waals surface area (Å²) in [5, 5.41) is 1.09. The third-order valence-corrected chi connectivity index (χ3v) is 4.27. The maximum Gasteiger partial charge on any atom is 0.309 e. The first-order valence-electron chi connectivity index (χ1n) is 7.01. The number of carbonyl (C=O) groups is 1. The summed E-state index contributed by atoms with van der Waals surface area (Å²) in [4.78, 5) is 13.9. The van der Waals surface area contributed by atoms with Crippen molar-refractivity contribution in [3.05, 3.63) is 22.2 Å². The standard InChI is InChI=1S/C15H19Cl2NO3/c1-3-21-15(19)10-4-6-18(7-5-10)13-9-14(20-2)12(17)8-11(13)16/h8-10H,3-7H2,1-2H3. The second kappa shape index (κ2) is 7.23. The average Bonchev–Trinajstić information content (AvgIpc) is 2.48. The van der Waals surface area contributed by atoms with Crippen LogP contribution in [-0.2, 0) is 9.53 Å². The number of hydrogen-bond acceptors (Lipinski definition) is 4.